The molecule has 6 heteroatoms. The third kappa shape index (κ3) is 3.27. The maximum atomic E-state index is 12.8. The second-order valence-corrected chi connectivity index (χ2v) is 6.69. The van der Waals surface area contributed by atoms with Gasteiger partial charge in [0, 0.05) is 17.3 Å². The van der Waals surface area contributed by atoms with Crippen LogP contribution in [0.1, 0.15) is 52.5 Å². The minimum atomic E-state index is -0.154. The molecule has 0 unspecified atom stereocenters. The van der Waals surface area contributed by atoms with Gasteiger partial charge in [0.2, 0.25) is 0 Å². The van der Waals surface area contributed by atoms with Gasteiger partial charge in [0.25, 0.3) is 5.91 Å². The van der Waals surface area contributed by atoms with Crippen molar-refractivity contribution in [3.8, 4) is 5.69 Å². The molecule has 134 valence electrons. The van der Waals surface area contributed by atoms with Gasteiger partial charge in [0.1, 0.15) is 11.5 Å². The minimum Gasteiger partial charge on any atom is -0.361 e. The van der Waals surface area contributed by atoms with E-state index in [0.29, 0.717) is 17.9 Å². The van der Waals surface area contributed by atoms with Crippen LogP contribution in [0.25, 0.3) is 5.69 Å². The quantitative estimate of drug-likeness (QED) is 0.732. The van der Waals surface area contributed by atoms with E-state index in [4.69, 9.17) is 4.52 Å². The van der Waals surface area contributed by atoms with Crippen molar-refractivity contribution in [3.63, 3.8) is 0 Å². The highest BCUT2D eigenvalue weighted by Gasteiger charge is 2.24. The lowest BCUT2D eigenvalue weighted by molar-refractivity contribution is 0.0943. The summed E-state index contributed by atoms with van der Waals surface area (Å²) in [5.74, 6) is 0.579. The third-order valence-electron chi connectivity index (χ3n) is 4.75. The van der Waals surface area contributed by atoms with Gasteiger partial charge >= 0.3 is 0 Å². The van der Waals surface area contributed by atoms with Crippen LogP contribution in [0.15, 0.2) is 40.9 Å². The molecule has 2 heterocycles. The summed E-state index contributed by atoms with van der Waals surface area (Å²) in [6.07, 6.45) is 5.25. The van der Waals surface area contributed by atoms with Crippen molar-refractivity contribution >= 4 is 5.91 Å². The average Bonchev–Trinajstić information content (AvgIpc) is 3.16. The van der Waals surface area contributed by atoms with Crippen LogP contribution in [0.4, 0.5) is 0 Å². The number of nitrogens with one attached hydrogen (secondary N) is 1. The highest BCUT2D eigenvalue weighted by atomic mass is 16.5. The lowest BCUT2D eigenvalue weighted by Gasteiger charge is -2.06. The van der Waals surface area contributed by atoms with Gasteiger partial charge in [-0.1, -0.05) is 29.8 Å². The van der Waals surface area contributed by atoms with Gasteiger partial charge in [-0.05, 0) is 44.7 Å². The molecule has 6 nitrogen and oxygen atoms in total. The fraction of sp³-hybridized carbons (Fsp3) is 0.350. The Labute approximate surface area is 152 Å². The number of aromatic nitrogens is 3. The number of rotatable bonds is 4. The number of benzene rings is 1. The molecule has 0 bridgehead atoms. The highest BCUT2D eigenvalue weighted by Crippen LogP contribution is 2.26. The number of para-hydroxylation sites is 1. The van der Waals surface area contributed by atoms with Crippen LogP contribution in [0.2, 0.25) is 0 Å². The zero-order chi connectivity index (χ0) is 17.9. The molecule has 4 rings (SSSR count). The first-order chi connectivity index (χ1) is 12.7. The molecule has 1 N–H and O–H groups in total. The van der Waals surface area contributed by atoms with Crippen molar-refractivity contribution in [3.05, 3.63) is 64.8 Å². The van der Waals surface area contributed by atoms with Crippen LogP contribution in [0, 0.1) is 6.92 Å². The smallest absolute Gasteiger partial charge is 0.272 e. The molecule has 1 aliphatic rings. The van der Waals surface area contributed by atoms with Crippen molar-refractivity contribution in [2.45, 2.75) is 45.6 Å². The molecule has 1 amide bonds. The number of amides is 1. The average molecular weight is 350 g/mol. The lowest BCUT2D eigenvalue weighted by atomic mass is 10.1. The SMILES string of the molecule is Cc1cc(CNC(=O)c2nn(-c3ccccc3)c3c2CCCCC3)no1. The molecule has 3 aromatic rings. The fourth-order valence-electron chi connectivity index (χ4n) is 3.50. The number of carbonyl (C=O) groups is 1. The Balaban J connectivity index is 1.64. The zero-order valence-electron chi connectivity index (χ0n) is 14.9. The van der Waals surface area contributed by atoms with Crippen LogP contribution in [0.5, 0.6) is 0 Å². The Morgan fingerprint density at radius 2 is 2.00 bits per heavy atom. The molecule has 0 aliphatic heterocycles. The topological polar surface area (TPSA) is 73.0 Å². The molecule has 0 fully saturated rings. The predicted octanol–water partition coefficient (Wildman–Crippen LogP) is 3.37. The summed E-state index contributed by atoms with van der Waals surface area (Å²) < 4.78 is 6.99. The van der Waals surface area contributed by atoms with Gasteiger partial charge in [0.05, 0.1) is 12.2 Å². The van der Waals surface area contributed by atoms with E-state index < -0.39 is 0 Å². The van der Waals surface area contributed by atoms with Gasteiger partial charge in [0.15, 0.2) is 5.69 Å². The van der Waals surface area contributed by atoms with Crippen LogP contribution >= 0.6 is 0 Å². The summed E-state index contributed by atoms with van der Waals surface area (Å²) in [6.45, 7) is 2.17. The summed E-state index contributed by atoms with van der Waals surface area (Å²) in [7, 11) is 0. The Hall–Kier alpha value is -2.89. The van der Waals surface area contributed by atoms with Gasteiger partial charge < -0.3 is 9.84 Å². The molecule has 1 aliphatic carbocycles. The maximum Gasteiger partial charge on any atom is 0.272 e. The highest BCUT2D eigenvalue weighted by molar-refractivity contribution is 5.94. The molecule has 2 aromatic heterocycles. The molecule has 0 radical (unpaired) electrons. The maximum absolute atomic E-state index is 12.8. The molecule has 0 atom stereocenters. The fourth-order valence-corrected chi connectivity index (χ4v) is 3.50. The Kier molecular flexibility index (Phi) is 4.56. The van der Waals surface area contributed by atoms with Crippen molar-refractivity contribution < 1.29 is 9.32 Å². The lowest BCUT2D eigenvalue weighted by Crippen LogP contribution is -2.24. The third-order valence-corrected chi connectivity index (χ3v) is 4.75. The molecule has 26 heavy (non-hydrogen) atoms. The van der Waals surface area contributed by atoms with E-state index in [1.807, 2.05) is 48.0 Å². The minimum absolute atomic E-state index is 0.154. The number of fused-ring (bicyclic) bond motifs is 1. The molecule has 0 saturated carbocycles. The largest absolute Gasteiger partial charge is 0.361 e. The molecule has 0 saturated heterocycles. The zero-order valence-corrected chi connectivity index (χ0v) is 14.9. The molecular weight excluding hydrogens is 328 g/mol. The van der Waals surface area contributed by atoms with E-state index in [0.717, 1.165) is 48.4 Å². The number of nitrogens with zero attached hydrogens (tertiary/aromatic N) is 3. The van der Waals surface area contributed by atoms with Crippen LogP contribution in [0.3, 0.4) is 0 Å². The standard InChI is InChI=1S/C20H22N4O2/c1-14-12-15(23-26-14)13-21-20(25)19-17-10-6-3-7-11-18(17)24(22-19)16-8-4-2-5-9-16/h2,4-5,8-9,12H,3,6-7,10-11,13H2,1H3,(H,21,25). The van der Waals surface area contributed by atoms with Crippen molar-refractivity contribution in [1.29, 1.82) is 0 Å². The van der Waals surface area contributed by atoms with Gasteiger partial charge in [-0.25, -0.2) is 4.68 Å². The van der Waals surface area contributed by atoms with E-state index in [9.17, 15) is 4.79 Å². The summed E-state index contributed by atoms with van der Waals surface area (Å²) in [5, 5.41) is 11.5. The Bertz CT molecular complexity index is 911. The van der Waals surface area contributed by atoms with Gasteiger partial charge in [-0.2, -0.15) is 5.10 Å². The van der Waals surface area contributed by atoms with E-state index in [2.05, 4.69) is 15.6 Å². The second kappa shape index (κ2) is 7.15. The van der Waals surface area contributed by atoms with Crippen molar-refractivity contribution in [1.82, 2.24) is 20.3 Å². The first-order valence-corrected chi connectivity index (χ1v) is 9.09. The summed E-state index contributed by atoms with van der Waals surface area (Å²) in [4.78, 5) is 12.8. The van der Waals surface area contributed by atoms with E-state index in [1.54, 1.807) is 0 Å². The monoisotopic (exact) mass is 350 g/mol. The first kappa shape index (κ1) is 16.6. The summed E-state index contributed by atoms with van der Waals surface area (Å²) in [6, 6.07) is 11.8. The summed E-state index contributed by atoms with van der Waals surface area (Å²) in [5.41, 5.74) is 4.49. The molecule has 1 aromatic carbocycles. The van der Waals surface area contributed by atoms with Crippen LogP contribution < -0.4 is 5.32 Å². The number of hydrogen-bond acceptors (Lipinski definition) is 4. The predicted molar refractivity (Wildman–Crippen MR) is 97.2 cm³/mol. The first-order valence-electron chi connectivity index (χ1n) is 9.09. The summed E-state index contributed by atoms with van der Waals surface area (Å²) >= 11 is 0. The van der Waals surface area contributed by atoms with Gasteiger partial charge in [-0.15, -0.1) is 0 Å². The van der Waals surface area contributed by atoms with E-state index >= 15 is 0 Å². The van der Waals surface area contributed by atoms with Crippen molar-refractivity contribution in [2.75, 3.05) is 0 Å². The number of carbonyl (C=O) groups excluding carboxylic acids is 1. The van der Waals surface area contributed by atoms with E-state index in [1.165, 1.54) is 6.42 Å². The number of aryl methyl sites for hydroxylation is 1. The Morgan fingerprint density at radius 3 is 2.77 bits per heavy atom. The number of hydrogen-bond donors (Lipinski definition) is 1. The molecular formula is C20H22N4O2. The second-order valence-electron chi connectivity index (χ2n) is 6.69. The van der Waals surface area contributed by atoms with Crippen LogP contribution in [-0.4, -0.2) is 20.8 Å². The molecule has 0 spiro atoms. The van der Waals surface area contributed by atoms with Crippen molar-refractivity contribution in [2.24, 2.45) is 0 Å². The normalized spacial score (nSPS) is 13.9. The Morgan fingerprint density at radius 1 is 1.19 bits per heavy atom. The van der Waals surface area contributed by atoms with Gasteiger partial charge in [-0.3, -0.25) is 4.79 Å². The van der Waals surface area contributed by atoms with Crippen LogP contribution in [-0.2, 0) is 19.4 Å². The van der Waals surface area contributed by atoms with E-state index in [-0.39, 0.29) is 5.91 Å².